The average Bonchev–Trinajstić information content (AvgIpc) is 3.85. The summed E-state index contributed by atoms with van der Waals surface area (Å²) < 4.78 is 8.87. The predicted molar refractivity (Wildman–Crippen MR) is 233 cm³/mol. The van der Waals surface area contributed by atoms with Gasteiger partial charge in [0.2, 0.25) is 0 Å². The summed E-state index contributed by atoms with van der Waals surface area (Å²) in [5, 5.41) is 4.72. The molecule has 0 saturated heterocycles. The Morgan fingerprint density at radius 2 is 0.804 bits per heavy atom. The summed E-state index contributed by atoms with van der Waals surface area (Å²) in [4.78, 5) is 15.1. The Balaban J connectivity index is 0.994. The molecule has 56 heavy (non-hydrogen) atoms. The van der Waals surface area contributed by atoms with Crippen molar-refractivity contribution in [3.05, 3.63) is 188 Å². The van der Waals surface area contributed by atoms with Crippen LogP contribution in [0, 0.1) is 0 Å². The lowest BCUT2D eigenvalue weighted by Gasteiger charge is -2.11. The van der Waals surface area contributed by atoms with Crippen LogP contribution < -0.4 is 0 Å². The third-order valence-corrected chi connectivity index (χ3v) is 11.7. The minimum atomic E-state index is 0.645. The molecule has 4 nitrogen and oxygen atoms in total. The Morgan fingerprint density at radius 3 is 1.54 bits per heavy atom. The standard InChI is InChI=1S/C51H31N3OS/c1-3-12-32(13-4-1)33-22-24-35(25-23-33)50-52-49(34-14-5-2-6-15-34)53-51(54-50)37-27-29-42-41-28-26-36(30-46(41)56-47(42)31-37)38-16-7-8-17-39(38)43-19-11-20-44-40-18-9-10-21-45(40)55-48(43)44/h1-31H. The Kier molecular flexibility index (Phi) is 7.64. The summed E-state index contributed by atoms with van der Waals surface area (Å²) in [6.07, 6.45) is 0. The van der Waals surface area contributed by atoms with Crippen molar-refractivity contribution in [1.82, 2.24) is 15.0 Å². The van der Waals surface area contributed by atoms with Gasteiger partial charge in [0.1, 0.15) is 11.2 Å². The van der Waals surface area contributed by atoms with Crippen LogP contribution in [-0.2, 0) is 0 Å². The van der Waals surface area contributed by atoms with E-state index in [1.807, 2.05) is 48.5 Å². The first-order valence-electron chi connectivity index (χ1n) is 18.7. The van der Waals surface area contributed by atoms with Crippen molar-refractivity contribution in [2.45, 2.75) is 0 Å². The maximum Gasteiger partial charge on any atom is 0.164 e. The molecule has 3 heterocycles. The van der Waals surface area contributed by atoms with Crippen molar-refractivity contribution in [3.8, 4) is 67.5 Å². The fourth-order valence-corrected chi connectivity index (χ4v) is 8.99. The van der Waals surface area contributed by atoms with Crippen LogP contribution in [0.2, 0.25) is 0 Å². The summed E-state index contributed by atoms with van der Waals surface area (Å²) in [5.41, 5.74) is 11.6. The molecule has 11 rings (SSSR count). The van der Waals surface area contributed by atoms with Crippen molar-refractivity contribution in [3.63, 3.8) is 0 Å². The van der Waals surface area contributed by atoms with Gasteiger partial charge in [-0.1, -0.05) is 170 Å². The molecule has 0 radical (unpaired) electrons. The van der Waals surface area contributed by atoms with Crippen LogP contribution in [0.1, 0.15) is 0 Å². The number of thiophene rings is 1. The summed E-state index contributed by atoms with van der Waals surface area (Å²) in [5.74, 6) is 1.94. The third kappa shape index (κ3) is 5.56. The van der Waals surface area contributed by atoms with Crippen molar-refractivity contribution >= 4 is 53.4 Å². The van der Waals surface area contributed by atoms with Gasteiger partial charge in [-0.15, -0.1) is 11.3 Å². The molecule has 11 aromatic rings. The third-order valence-electron chi connectivity index (χ3n) is 10.6. The number of rotatable bonds is 6. The first kappa shape index (κ1) is 32.2. The minimum absolute atomic E-state index is 0.645. The lowest BCUT2D eigenvalue weighted by molar-refractivity contribution is 0.670. The van der Waals surface area contributed by atoms with E-state index in [9.17, 15) is 0 Å². The van der Waals surface area contributed by atoms with Crippen LogP contribution in [-0.4, -0.2) is 15.0 Å². The zero-order valence-electron chi connectivity index (χ0n) is 30.1. The van der Waals surface area contributed by atoms with E-state index < -0.39 is 0 Å². The lowest BCUT2D eigenvalue weighted by Crippen LogP contribution is -2.00. The molecule has 0 aliphatic heterocycles. The van der Waals surface area contributed by atoms with E-state index in [1.165, 1.54) is 36.9 Å². The van der Waals surface area contributed by atoms with Crippen LogP contribution in [0.4, 0.5) is 0 Å². The highest BCUT2D eigenvalue weighted by Gasteiger charge is 2.17. The van der Waals surface area contributed by atoms with Gasteiger partial charge in [-0.05, 0) is 46.0 Å². The van der Waals surface area contributed by atoms with Crippen LogP contribution >= 0.6 is 11.3 Å². The molecule has 0 bridgehead atoms. The molecule has 262 valence electrons. The van der Waals surface area contributed by atoms with E-state index in [2.05, 4.69) is 140 Å². The molecule has 0 atom stereocenters. The van der Waals surface area contributed by atoms with Crippen molar-refractivity contribution in [2.75, 3.05) is 0 Å². The normalized spacial score (nSPS) is 11.6. The molecule has 5 heteroatoms. The number of fused-ring (bicyclic) bond motifs is 6. The monoisotopic (exact) mass is 733 g/mol. The van der Waals surface area contributed by atoms with E-state index in [0.717, 1.165) is 55.3 Å². The predicted octanol–water partition coefficient (Wildman–Crippen LogP) is 14.1. The molecule has 0 unspecified atom stereocenters. The second kappa shape index (κ2) is 13.3. The number of hydrogen-bond donors (Lipinski definition) is 0. The van der Waals surface area contributed by atoms with Crippen molar-refractivity contribution < 1.29 is 4.42 Å². The SMILES string of the molecule is c1ccc(-c2ccc(-c3nc(-c4ccccc4)nc(-c4ccc5c(c4)sc4cc(-c6ccccc6-c6cccc7c6oc6ccccc67)ccc45)n3)cc2)cc1. The smallest absolute Gasteiger partial charge is 0.164 e. The summed E-state index contributed by atoms with van der Waals surface area (Å²) >= 11 is 1.80. The highest BCUT2D eigenvalue weighted by molar-refractivity contribution is 7.25. The molecule has 0 saturated carbocycles. The van der Waals surface area contributed by atoms with Gasteiger partial charge in [-0.25, -0.2) is 15.0 Å². The van der Waals surface area contributed by atoms with Gasteiger partial charge in [0.05, 0.1) is 0 Å². The number of hydrogen-bond acceptors (Lipinski definition) is 5. The largest absolute Gasteiger partial charge is 0.455 e. The van der Waals surface area contributed by atoms with Crippen LogP contribution in [0.3, 0.4) is 0 Å². The zero-order valence-corrected chi connectivity index (χ0v) is 30.9. The molecule has 0 fully saturated rings. The molecule has 0 N–H and O–H groups in total. The first-order valence-corrected chi connectivity index (χ1v) is 19.5. The van der Waals surface area contributed by atoms with E-state index in [4.69, 9.17) is 19.4 Å². The summed E-state index contributed by atoms with van der Waals surface area (Å²) in [6, 6.07) is 65.7. The van der Waals surface area contributed by atoms with Gasteiger partial charge in [-0.2, -0.15) is 0 Å². The van der Waals surface area contributed by atoms with Crippen molar-refractivity contribution in [1.29, 1.82) is 0 Å². The topological polar surface area (TPSA) is 51.8 Å². The molecule has 3 aromatic heterocycles. The molecule has 0 aliphatic carbocycles. The minimum Gasteiger partial charge on any atom is -0.455 e. The maximum absolute atomic E-state index is 6.46. The fourth-order valence-electron chi connectivity index (χ4n) is 7.81. The van der Waals surface area contributed by atoms with E-state index in [1.54, 1.807) is 11.3 Å². The van der Waals surface area contributed by atoms with Gasteiger partial charge in [-0.3, -0.25) is 0 Å². The summed E-state index contributed by atoms with van der Waals surface area (Å²) in [6.45, 7) is 0. The molecule has 8 aromatic carbocycles. The van der Waals surface area contributed by atoms with Crippen LogP contribution in [0.25, 0.3) is 110 Å². The van der Waals surface area contributed by atoms with Gasteiger partial charge >= 0.3 is 0 Å². The number of para-hydroxylation sites is 2. The zero-order chi connectivity index (χ0) is 37.0. The van der Waals surface area contributed by atoms with Gasteiger partial charge in [0, 0.05) is 53.2 Å². The Hall–Kier alpha value is -7.21. The van der Waals surface area contributed by atoms with E-state index in [0.29, 0.717) is 17.5 Å². The number of benzene rings is 8. The van der Waals surface area contributed by atoms with Gasteiger partial charge in [0.25, 0.3) is 0 Å². The Labute approximate surface area is 327 Å². The lowest BCUT2D eigenvalue weighted by atomic mass is 9.93. The van der Waals surface area contributed by atoms with Crippen LogP contribution in [0.15, 0.2) is 192 Å². The van der Waals surface area contributed by atoms with Gasteiger partial charge < -0.3 is 4.42 Å². The highest BCUT2D eigenvalue weighted by atomic mass is 32.1. The molecular formula is C51H31N3OS. The first-order chi connectivity index (χ1) is 27.7. The van der Waals surface area contributed by atoms with Crippen molar-refractivity contribution in [2.24, 2.45) is 0 Å². The average molecular weight is 734 g/mol. The molecule has 0 aliphatic rings. The Morgan fingerprint density at radius 1 is 0.321 bits per heavy atom. The fraction of sp³-hybridized carbons (Fsp3) is 0. The van der Waals surface area contributed by atoms with E-state index >= 15 is 0 Å². The summed E-state index contributed by atoms with van der Waals surface area (Å²) in [7, 11) is 0. The maximum atomic E-state index is 6.46. The number of furan rings is 1. The number of nitrogens with zero attached hydrogens (tertiary/aromatic N) is 3. The quantitative estimate of drug-likeness (QED) is 0.171. The molecular weight excluding hydrogens is 703 g/mol. The number of aromatic nitrogens is 3. The van der Waals surface area contributed by atoms with E-state index in [-0.39, 0.29) is 0 Å². The Bertz CT molecular complexity index is 3240. The van der Waals surface area contributed by atoms with Gasteiger partial charge in [0.15, 0.2) is 17.5 Å². The molecule has 0 amide bonds. The highest BCUT2D eigenvalue weighted by Crippen LogP contribution is 2.43. The second-order valence-electron chi connectivity index (χ2n) is 14.0. The second-order valence-corrected chi connectivity index (χ2v) is 15.0. The molecule has 0 spiro atoms. The van der Waals surface area contributed by atoms with Crippen LogP contribution in [0.5, 0.6) is 0 Å².